The van der Waals surface area contributed by atoms with E-state index < -0.39 is 22.5 Å². The summed E-state index contributed by atoms with van der Waals surface area (Å²) < 4.78 is 25.4. The second-order valence-electron chi connectivity index (χ2n) is 3.59. The van der Waals surface area contributed by atoms with Crippen LogP contribution in [0.1, 0.15) is 6.92 Å². The Hall–Kier alpha value is -1.31. The number of likely N-dealkylation sites (N-methyl/N-ethyl adjacent to an activating group) is 1. The van der Waals surface area contributed by atoms with Crippen LogP contribution in [0, 0.1) is 0 Å². The van der Waals surface area contributed by atoms with Crippen LogP contribution in [0.4, 0.5) is 5.69 Å². The van der Waals surface area contributed by atoms with Crippen molar-refractivity contribution in [3.8, 4) is 0 Å². The van der Waals surface area contributed by atoms with Crippen LogP contribution in [0.15, 0.2) is 23.1 Å². The molecule has 6 nitrogen and oxygen atoms in total. The van der Waals surface area contributed by atoms with E-state index in [2.05, 4.69) is 0 Å². The Morgan fingerprint density at radius 1 is 1.44 bits per heavy atom. The van der Waals surface area contributed by atoms with E-state index in [1.165, 1.54) is 18.2 Å². The maximum absolute atomic E-state index is 12.3. The van der Waals surface area contributed by atoms with Crippen molar-refractivity contribution in [2.45, 2.75) is 11.8 Å². The van der Waals surface area contributed by atoms with Crippen LogP contribution in [-0.4, -0.2) is 31.7 Å². The number of nitrogens with zero attached hydrogens (tertiary/aromatic N) is 1. The number of sulfonamides is 1. The summed E-state index contributed by atoms with van der Waals surface area (Å²) in [5.41, 5.74) is 10.8. The van der Waals surface area contributed by atoms with Crippen LogP contribution in [0.25, 0.3) is 0 Å². The molecule has 0 fully saturated rings. The highest BCUT2D eigenvalue weighted by Crippen LogP contribution is 2.26. The van der Waals surface area contributed by atoms with Crippen molar-refractivity contribution in [1.29, 1.82) is 0 Å². The van der Waals surface area contributed by atoms with Crippen molar-refractivity contribution in [2.75, 3.05) is 18.8 Å². The molecule has 18 heavy (non-hydrogen) atoms. The highest BCUT2D eigenvalue weighted by atomic mass is 35.5. The Morgan fingerprint density at radius 2 is 2.06 bits per heavy atom. The summed E-state index contributed by atoms with van der Waals surface area (Å²) in [6, 6.07) is 4.13. The number of benzene rings is 1. The predicted octanol–water partition coefficient (Wildman–Crippen LogP) is 0.418. The summed E-state index contributed by atoms with van der Waals surface area (Å²) in [5.74, 6) is -0.736. The SMILES string of the molecule is CCN(CC(N)=O)S(=O)(=O)c1cc(N)ccc1Cl. The molecule has 0 heterocycles. The molecule has 0 aromatic heterocycles. The van der Waals surface area contributed by atoms with E-state index in [1.807, 2.05) is 0 Å². The summed E-state index contributed by atoms with van der Waals surface area (Å²) in [7, 11) is -3.88. The number of nitrogens with two attached hydrogens (primary N) is 2. The van der Waals surface area contributed by atoms with Crippen LogP contribution in [-0.2, 0) is 14.8 Å². The minimum Gasteiger partial charge on any atom is -0.399 e. The van der Waals surface area contributed by atoms with Crippen LogP contribution < -0.4 is 11.5 Å². The van der Waals surface area contributed by atoms with E-state index in [-0.39, 0.29) is 22.2 Å². The maximum atomic E-state index is 12.3. The Morgan fingerprint density at radius 3 is 2.56 bits per heavy atom. The van der Waals surface area contributed by atoms with E-state index in [9.17, 15) is 13.2 Å². The first-order chi connectivity index (χ1) is 8.28. The summed E-state index contributed by atoms with van der Waals surface area (Å²) in [4.78, 5) is 10.7. The lowest BCUT2D eigenvalue weighted by atomic mass is 10.3. The third kappa shape index (κ3) is 3.12. The molecule has 0 unspecified atom stereocenters. The van der Waals surface area contributed by atoms with Gasteiger partial charge in [-0.25, -0.2) is 8.42 Å². The third-order valence-corrected chi connectivity index (χ3v) is 4.66. The minimum absolute atomic E-state index is 0.0483. The molecule has 0 bridgehead atoms. The number of carbonyl (C=O) groups is 1. The summed E-state index contributed by atoms with van der Waals surface area (Å²) in [6.45, 7) is 1.31. The fraction of sp³-hybridized carbons (Fsp3) is 0.300. The smallest absolute Gasteiger partial charge is 0.245 e. The van der Waals surface area contributed by atoms with Crippen molar-refractivity contribution in [2.24, 2.45) is 5.73 Å². The first-order valence-electron chi connectivity index (χ1n) is 5.12. The van der Waals surface area contributed by atoms with Gasteiger partial charge < -0.3 is 11.5 Å². The molecule has 0 aliphatic heterocycles. The lowest BCUT2D eigenvalue weighted by molar-refractivity contribution is -0.118. The Balaban J connectivity index is 3.26. The average molecular weight is 292 g/mol. The molecule has 4 N–H and O–H groups in total. The lowest BCUT2D eigenvalue weighted by Gasteiger charge is -2.19. The van der Waals surface area contributed by atoms with E-state index in [0.717, 1.165) is 4.31 Å². The number of rotatable bonds is 5. The van der Waals surface area contributed by atoms with Crippen LogP contribution in [0.2, 0.25) is 5.02 Å². The molecule has 1 aromatic carbocycles. The third-order valence-electron chi connectivity index (χ3n) is 2.26. The molecule has 8 heteroatoms. The minimum atomic E-state index is -3.88. The monoisotopic (exact) mass is 291 g/mol. The number of nitrogen functional groups attached to an aromatic ring is 1. The number of hydrogen-bond acceptors (Lipinski definition) is 4. The zero-order valence-electron chi connectivity index (χ0n) is 9.76. The Kier molecular flexibility index (Phi) is 4.55. The quantitative estimate of drug-likeness (QED) is 0.767. The molecule has 0 radical (unpaired) electrons. The van der Waals surface area contributed by atoms with Gasteiger partial charge in [-0.05, 0) is 18.2 Å². The normalized spacial score (nSPS) is 11.7. The van der Waals surface area contributed by atoms with Gasteiger partial charge in [0.15, 0.2) is 0 Å². The topological polar surface area (TPSA) is 106 Å². The molecule has 100 valence electrons. The largest absolute Gasteiger partial charge is 0.399 e. The molecular formula is C10H14ClN3O3S. The fourth-order valence-corrected chi connectivity index (χ4v) is 3.32. The van der Waals surface area contributed by atoms with Crippen molar-refractivity contribution in [3.05, 3.63) is 23.2 Å². The van der Waals surface area contributed by atoms with Gasteiger partial charge in [-0.15, -0.1) is 0 Å². The predicted molar refractivity (Wildman–Crippen MR) is 69.5 cm³/mol. The Bertz CT molecular complexity index is 559. The molecule has 0 saturated heterocycles. The second-order valence-corrected chi connectivity index (χ2v) is 5.90. The van der Waals surface area contributed by atoms with Crippen molar-refractivity contribution >= 4 is 33.2 Å². The van der Waals surface area contributed by atoms with Gasteiger partial charge in [0.05, 0.1) is 11.6 Å². The molecule has 1 rings (SSSR count). The van der Waals surface area contributed by atoms with Gasteiger partial charge >= 0.3 is 0 Å². The van der Waals surface area contributed by atoms with E-state index in [4.69, 9.17) is 23.1 Å². The summed E-state index contributed by atoms with van der Waals surface area (Å²) >= 11 is 5.84. The van der Waals surface area contributed by atoms with Crippen molar-refractivity contribution in [1.82, 2.24) is 4.31 Å². The van der Waals surface area contributed by atoms with Gasteiger partial charge in [0.1, 0.15) is 4.90 Å². The van der Waals surface area contributed by atoms with E-state index in [1.54, 1.807) is 6.92 Å². The van der Waals surface area contributed by atoms with Gasteiger partial charge in [-0.2, -0.15) is 4.31 Å². The zero-order chi connectivity index (χ0) is 13.9. The zero-order valence-corrected chi connectivity index (χ0v) is 11.3. The molecule has 0 aliphatic rings. The molecule has 0 aliphatic carbocycles. The number of primary amides is 1. The van der Waals surface area contributed by atoms with Gasteiger partial charge in [0.2, 0.25) is 15.9 Å². The lowest BCUT2D eigenvalue weighted by Crippen LogP contribution is -2.38. The number of hydrogen-bond donors (Lipinski definition) is 2. The number of amides is 1. The number of carbonyl (C=O) groups excluding carboxylic acids is 1. The van der Waals surface area contributed by atoms with E-state index >= 15 is 0 Å². The highest BCUT2D eigenvalue weighted by molar-refractivity contribution is 7.89. The summed E-state index contributed by atoms with van der Waals surface area (Å²) in [6.07, 6.45) is 0. The van der Waals surface area contributed by atoms with Gasteiger partial charge in [0.25, 0.3) is 0 Å². The van der Waals surface area contributed by atoms with Crippen molar-refractivity contribution < 1.29 is 13.2 Å². The fourth-order valence-electron chi connectivity index (χ4n) is 1.40. The maximum Gasteiger partial charge on any atom is 0.245 e. The van der Waals surface area contributed by atoms with Gasteiger partial charge in [-0.1, -0.05) is 18.5 Å². The average Bonchev–Trinajstić information content (AvgIpc) is 2.28. The second kappa shape index (κ2) is 5.55. The highest BCUT2D eigenvalue weighted by Gasteiger charge is 2.26. The molecule has 1 aromatic rings. The van der Waals surface area contributed by atoms with Gasteiger partial charge in [-0.3, -0.25) is 4.79 Å². The van der Waals surface area contributed by atoms with Crippen molar-refractivity contribution in [3.63, 3.8) is 0 Å². The molecular weight excluding hydrogens is 278 g/mol. The number of halogens is 1. The molecule has 1 amide bonds. The first-order valence-corrected chi connectivity index (χ1v) is 6.94. The summed E-state index contributed by atoms with van der Waals surface area (Å²) in [5, 5.41) is 0.0483. The Labute approximate surface area is 111 Å². The standard InChI is InChI=1S/C10H14ClN3O3S/c1-2-14(6-10(13)15)18(16,17)9-5-7(12)3-4-8(9)11/h3-5H,2,6,12H2,1H3,(H2,13,15). The van der Waals surface area contributed by atoms with E-state index in [0.29, 0.717) is 0 Å². The first kappa shape index (κ1) is 14.7. The van der Waals surface area contributed by atoms with Gasteiger partial charge in [0, 0.05) is 12.2 Å². The van der Waals surface area contributed by atoms with Crippen LogP contribution in [0.5, 0.6) is 0 Å². The molecule has 0 spiro atoms. The molecule has 0 saturated carbocycles. The van der Waals surface area contributed by atoms with Crippen LogP contribution in [0.3, 0.4) is 0 Å². The van der Waals surface area contributed by atoms with Crippen LogP contribution >= 0.6 is 11.6 Å². The number of anilines is 1. The molecule has 0 atom stereocenters.